The summed E-state index contributed by atoms with van der Waals surface area (Å²) in [6, 6.07) is 22.7. The van der Waals surface area contributed by atoms with Crippen molar-refractivity contribution in [2.45, 2.75) is 32.6 Å². The molecule has 4 aromatic rings. The molecule has 0 bridgehead atoms. The number of rotatable bonds is 2. The van der Waals surface area contributed by atoms with E-state index in [1.54, 1.807) is 0 Å². The van der Waals surface area contributed by atoms with Crippen molar-refractivity contribution >= 4 is 29.1 Å². The Balaban J connectivity index is 2.06. The predicted molar refractivity (Wildman–Crippen MR) is 109 cm³/mol. The van der Waals surface area contributed by atoms with Crippen molar-refractivity contribution in [2.75, 3.05) is 0 Å². The van der Waals surface area contributed by atoms with E-state index >= 15 is 0 Å². The van der Waals surface area contributed by atoms with Crippen LogP contribution >= 0.6 is 7.65 Å². The lowest BCUT2D eigenvalue weighted by atomic mass is 9.84. The molecule has 0 saturated carbocycles. The smallest absolute Gasteiger partial charge is 0.250 e. The van der Waals surface area contributed by atoms with Gasteiger partial charge in [-0.1, -0.05) is 75.4 Å². The fourth-order valence-electron chi connectivity index (χ4n) is 3.51. The molecule has 0 aliphatic rings. The summed E-state index contributed by atoms with van der Waals surface area (Å²) in [5.41, 5.74) is 4.21. The zero-order chi connectivity index (χ0) is 18.3. The lowest BCUT2D eigenvalue weighted by Gasteiger charge is -2.19. The lowest BCUT2D eigenvalue weighted by molar-refractivity contribution is 0.561. The van der Waals surface area contributed by atoms with Gasteiger partial charge in [0, 0.05) is 16.3 Å². The Bertz CT molecular complexity index is 1150. The van der Waals surface area contributed by atoms with Crippen LogP contribution in [-0.4, -0.2) is 0 Å². The van der Waals surface area contributed by atoms with Gasteiger partial charge in [0.2, 0.25) is 5.12 Å². The van der Waals surface area contributed by atoms with Crippen LogP contribution in [0.2, 0.25) is 0 Å². The molecule has 0 radical (unpaired) electrons. The predicted octanol–water partition coefficient (Wildman–Crippen LogP) is 7.22. The fraction of sp³-hybridized carbons (Fsp3) is 0.217. The van der Waals surface area contributed by atoms with Crippen molar-refractivity contribution in [2.24, 2.45) is 0 Å². The Morgan fingerprint density at radius 3 is 2.27 bits per heavy atom. The zero-order valence-electron chi connectivity index (χ0n) is 15.3. The van der Waals surface area contributed by atoms with Crippen LogP contribution in [0.15, 0.2) is 70.9 Å². The second-order valence-electron chi connectivity index (χ2n) is 7.80. The molecule has 0 aliphatic heterocycles. The summed E-state index contributed by atoms with van der Waals surface area (Å²) in [6.07, 6.45) is 0.858. The van der Waals surface area contributed by atoms with Crippen LogP contribution in [0.3, 0.4) is 0 Å². The Morgan fingerprint density at radius 2 is 1.54 bits per heavy atom. The molecule has 3 aromatic carbocycles. The summed E-state index contributed by atoms with van der Waals surface area (Å²) < 4.78 is 18.7. The maximum absolute atomic E-state index is 12.9. The van der Waals surface area contributed by atoms with E-state index in [4.69, 9.17) is 4.20 Å². The normalized spacial score (nSPS) is 12.7. The van der Waals surface area contributed by atoms with E-state index in [-0.39, 0.29) is 5.41 Å². The van der Waals surface area contributed by atoms with Crippen LogP contribution < -0.4 is 0 Å². The molecule has 1 aromatic heterocycles. The molecular formula is C23H22O2P+. The van der Waals surface area contributed by atoms with E-state index in [9.17, 15) is 4.57 Å². The standard InChI is InChI=1S/C23H22O2P/c1-23(2,3)20-15-17(13-16-9-5-4-6-10-16)14-19-18-11-7-8-12-21(18)25-26(24)22(19)20/h4-12,14-15H,13H2,1-3H3/q+1. The average molecular weight is 361 g/mol. The van der Waals surface area contributed by atoms with Gasteiger partial charge in [0.15, 0.2) is 5.58 Å². The molecule has 26 heavy (non-hydrogen) atoms. The van der Waals surface area contributed by atoms with E-state index in [0.29, 0.717) is 5.58 Å². The number of hydrogen-bond acceptors (Lipinski definition) is 2. The SMILES string of the molecule is CC(C)(C)c1cc(Cc2ccccc2)cc2c3ccccc3o[p+](=O)c12. The Labute approximate surface area is 154 Å². The van der Waals surface area contributed by atoms with Crippen molar-refractivity contribution in [1.29, 1.82) is 0 Å². The van der Waals surface area contributed by atoms with Crippen LogP contribution in [0.1, 0.15) is 37.5 Å². The van der Waals surface area contributed by atoms with E-state index in [0.717, 1.165) is 27.9 Å². The zero-order valence-corrected chi connectivity index (χ0v) is 16.2. The molecule has 0 amide bonds. The van der Waals surface area contributed by atoms with Crippen LogP contribution in [-0.2, 0) is 16.4 Å². The Kier molecular flexibility index (Phi) is 4.17. The number of benzene rings is 3. The van der Waals surface area contributed by atoms with Crippen molar-refractivity contribution in [3.05, 3.63) is 83.4 Å². The van der Waals surface area contributed by atoms with Gasteiger partial charge in [-0.15, -0.1) is 0 Å². The molecule has 1 heterocycles. The first-order valence-electron chi connectivity index (χ1n) is 8.89. The molecule has 4 rings (SSSR count). The molecule has 0 spiro atoms. The molecule has 0 aliphatic carbocycles. The van der Waals surface area contributed by atoms with Crippen LogP contribution in [0.5, 0.6) is 0 Å². The Morgan fingerprint density at radius 1 is 0.846 bits per heavy atom. The molecule has 0 saturated heterocycles. The van der Waals surface area contributed by atoms with Gasteiger partial charge >= 0.3 is 7.65 Å². The second kappa shape index (κ2) is 6.37. The first kappa shape index (κ1) is 17.0. The number of fused-ring (bicyclic) bond motifs is 3. The highest BCUT2D eigenvalue weighted by Gasteiger charge is 2.28. The van der Waals surface area contributed by atoms with E-state index < -0.39 is 7.65 Å². The largest absolute Gasteiger partial charge is 0.598 e. The van der Waals surface area contributed by atoms with E-state index in [1.165, 1.54) is 11.1 Å². The van der Waals surface area contributed by atoms with Gasteiger partial charge in [-0.3, -0.25) is 0 Å². The third kappa shape index (κ3) is 3.06. The van der Waals surface area contributed by atoms with Gasteiger partial charge in [0.05, 0.1) is 0 Å². The quantitative estimate of drug-likeness (QED) is 0.353. The van der Waals surface area contributed by atoms with Gasteiger partial charge in [-0.2, -0.15) is 0 Å². The van der Waals surface area contributed by atoms with Crippen molar-refractivity contribution < 1.29 is 8.76 Å². The minimum absolute atomic E-state index is 0.114. The molecule has 3 heteroatoms. The molecule has 0 N–H and O–H groups in total. The lowest BCUT2D eigenvalue weighted by Crippen LogP contribution is -2.12. The third-order valence-electron chi connectivity index (χ3n) is 4.77. The minimum atomic E-state index is -1.90. The summed E-state index contributed by atoms with van der Waals surface area (Å²) in [5, 5.41) is 2.92. The highest BCUT2D eigenvalue weighted by atomic mass is 31.1. The molecule has 2 nitrogen and oxygen atoms in total. The molecule has 1 atom stereocenters. The number of hydrogen-bond donors (Lipinski definition) is 0. The summed E-state index contributed by atoms with van der Waals surface area (Å²) >= 11 is 0. The Hall–Kier alpha value is -2.44. The van der Waals surface area contributed by atoms with E-state index in [2.05, 4.69) is 63.2 Å². The van der Waals surface area contributed by atoms with Crippen LogP contribution in [0, 0.1) is 0 Å². The first-order chi connectivity index (χ1) is 12.4. The van der Waals surface area contributed by atoms with Crippen molar-refractivity contribution in [1.82, 2.24) is 0 Å². The topological polar surface area (TPSA) is 30.2 Å². The highest BCUT2D eigenvalue weighted by Crippen LogP contribution is 2.42. The van der Waals surface area contributed by atoms with Gasteiger partial charge in [-0.05, 0) is 39.7 Å². The number of para-hydroxylation sites is 1. The van der Waals surface area contributed by atoms with Crippen molar-refractivity contribution in [3.8, 4) is 0 Å². The third-order valence-corrected chi connectivity index (χ3v) is 5.98. The first-order valence-corrected chi connectivity index (χ1v) is 10.1. The highest BCUT2D eigenvalue weighted by molar-refractivity contribution is 7.37. The minimum Gasteiger partial charge on any atom is -0.250 e. The molecule has 0 fully saturated rings. The van der Waals surface area contributed by atoms with Crippen LogP contribution in [0.4, 0.5) is 0 Å². The maximum Gasteiger partial charge on any atom is 0.598 e. The summed E-state index contributed by atoms with van der Waals surface area (Å²) in [5.74, 6) is 0. The van der Waals surface area contributed by atoms with Crippen molar-refractivity contribution in [3.63, 3.8) is 0 Å². The second-order valence-corrected chi connectivity index (χ2v) is 8.94. The monoisotopic (exact) mass is 361 g/mol. The maximum atomic E-state index is 12.9. The summed E-state index contributed by atoms with van der Waals surface area (Å²) in [4.78, 5) is 0. The van der Waals surface area contributed by atoms with Crippen LogP contribution in [0.25, 0.3) is 21.5 Å². The van der Waals surface area contributed by atoms with Gasteiger partial charge in [-0.25, -0.2) is 4.20 Å². The van der Waals surface area contributed by atoms with Gasteiger partial charge < -0.3 is 0 Å². The van der Waals surface area contributed by atoms with E-state index in [1.807, 2.05) is 24.3 Å². The summed E-state index contributed by atoms with van der Waals surface area (Å²) in [6.45, 7) is 6.50. The summed E-state index contributed by atoms with van der Waals surface area (Å²) in [7, 11) is -1.90. The van der Waals surface area contributed by atoms with Gasteiger partial charge in [0.1, 0.15) is 0 Å². The molecule has 1 unspecified atom stereocenters. The fourth-order valence-corrected chi connectivity index (χ4v) is 4.91. The molecule has 130 valence electrons. The molecular weight excluding hydrogens is 339 g/mol. The van der Waals surface area contributed by atoms with Gasteiger partial charge in [0.25, 0.3) is 0 Å². The average Bonchev–Trinajstić information content (AvgIpc) is 2.61.